The van der Waals surface area contributed by atoms with E-state index in [9.17, 15) is 30.8 Å². The second kappa shape index (κ2) is 14.0. The number of carboxylic acid groups (broad SMARTS) is 1. The summed E-state index contributed by atoms with van der Waals surface area (Å²) in [5, 5.41) is 8.34. The van der Waals surface area contributed by atoms with Crippen molar-refractivity contribution in [1.82, 2.24) is 9.62 Å². The first-order valence-electron chi connectivity index (χ1n) is 13.4. The van der Waals surface area contributed by atoms with E-state index in [2.05, 4.69) is 18.7 Å². The number of nitrogens with one attached hydrogen (secondary N) is 1. The Hall–Kier alpha value is -2.61. The number of rotatable bonds is 8. The van der Waals surface area contributed by atoms with Gasteiger partial charge in [-0.1, -0.05) is 23.2 Å². The summed E-state index contributed by atoms with van der Waals surface area (Å²) in [7, 11) is -3.80. The number of piperidine rings is 1. The van der Waals surface area contributed by atoms with Gasteiger partial charge in [-0.2, -0.15) is 13.2 Å². The lowest BCUT2D eigenvalue weighted by molar-refractivity contribution is -0.192. The Morgan fingerprint density at radius 3 is 2.19 bits per heavy atom. The molecule has 2 aromatic rings. The van der Waals surface area contributed by atoms with Crippen LogP contribution in [0.4, 0.5) is 17.6 Å². The van der Waals surface area contributed by atoms with Crippen molar-refractivity contribution in [2.45, 2.75) is 63.7 Å². The van der Waals surface area contributed by atoms with Crippen LogP contribution in [0.25, 0.3) is 0 Å². The molecule has 2 N–H and O–H groups in total. The van der Waals surface area contributed by atoms with Crippen molar-refractivity contribution >= 4 is 45.1 Å². The highest BCUT2D eigenvalue weighted by Crippen LogP contribution is 2.45. The van der Waals surface area contributed by atoms with E-state index < -0.39 is 33.9 Å². The zero-order valence-corrected chi connectivity index (χ0v) is 25.9. The topological polar surface area (TPSA) is 113 Å². The van der Waals surface area contributed by atoms with E-state index in [4.69, 9.17) is 37.8 Å². The van der Waals surface area contributed by atoms with Gasteiger partial charge in [0, 0.05) is 40.7 Å². The molecule has 43 heavy (non-hydrogen) atoms. The molecule has 2 aromatic carbocycles. The number of benzene rings is 2. The van der Waals surface area contributed by atoms with Crippen molar-refractivity contribution < 1.29 is 45.4 Å². The van der Waals surface area contributed by atoms with Gasteiger partial charge < -0.3 is 9.84 Å². The molecule has 1 heterocycles. The fraction of sp³-hybridized carbons (Fsp3) is 0.500. The first kappa shape index (κ1) is 34.9. The van der Waals surface area contributed by atoms with Gasteiger partial charge in [0.25, 0.3) is 5.91 Å². The van der Waals surface area contributed by atoms with Crippen molar-refractivity contribution in [2.75, 3.05) is 19.4 Å². The Bertz CT molecular complexity index is 1430. The summed E-state index contributed by atoms with van der Waals surface area (Å²) >= 11 is 12.5. The van der Waals surface area contributed by atoms with E-state index >= 15 is 0 Å². The summed E-state index contributed by atoms with van der Waals surface area (Å²) in [5.74, 6) is -3.70. The average molecular weight is 672 g/mol. The third-order valence-electron chi connectivity index (χ3n) is 7.25. The number of carbonyl (C=O) groups excluding carboxylic acids is 1. The van der Waals surface area contributed by atoms with Crippen LogP contribution in [-0.4, -0.2) is 61.9 Å². The quantitative estimate of drug-likeness (QED) is 0.305. The van der Waals surface area contributed by atoms with E-state index in [0.29, 0.717) is 28.4 Å². The van der Waals surface area contributed by atoms with Gasteiger partial charge in [0.1, 0.15) is 11.6 Å². The summed E-state index contributed by atoms with van der Waals surface area (Å²) in [6.07, 6.45) is -0.400. The molecule has 0 unspecified atom stereocenters. The molecule has 15 heteroatoms. The molecule has 2 fully saturated rings. The third kappa shape index (κ3) is 10.2. The number of halogens is 6. The van der Waals surface area contributed by atoms with Crippen LogP contribution in [0.3, 0.4) is 0 Å². The number of alkyl halides is 3. The fourth-order valence-electron chi connectivity index (χ4n) is 4.91. The molecule has 1 aliphatic heterocycles. The van der Waals surface area contributed by atoms with Gasteiger partial charge in [-0.25, -0.2) is 22.3 Å². The highest BCUT2D eigenvalue weighted by Gasteiger charge is 2.38. The summed E-state index contributed by atoms with van der Waals surface area (Å²) < 4.78 is 77.4. The number of carbonyl (C=O) groups is 2. The second-order valence-electron chi connectivity index (χ2n) is 10.8. The molecule has 1 saturated heterocycles. The number of amides is 1. The number of sulfonamides is 1. The number of hydrogen-bond acceptors (Lipinski definition) is 6. The Kier molecular flexibility index (Phi) is 11.4. The van der Waals surface area contributed by atoms with Crippen molar-refractivity contribution in [3.05, 3.63) is 62.9 Å². The molecule has 3 atom stereocenters. The summed E-state index contributed by atoms with van der Waals surface area (Å²) in [5.41, 5.74) is 1.52. The number of ether oxygens (including phenoxy) is 1. The van der Waals surface area contributed by atoms with Gasteiger partial charge in [-0.05, 0) is 80.8 Å². The first-order valence-corrected chi connectivity index (χ1v) is 16.0. The van der Waals surface area contributed by atoms with Crippen LogP contribution in [0, 0.1) is 11.7 Å². The van der Waals surface area contributed by atoms with E-state index in [1.165, 1.54) is 12.1 Å². The average Bonchev–Trinajstić information content (AvgIpc) is 3.71. The van der Waals surface area contributed by atoms with Crippen LogP contribution in [0.15, 0.2) is 30.3 Å². The van der Waals surface area contributed by atoms with Crippen molar-refractivity contribution in [1.29, 1.82) is 0 Å². The number of aliphatic carboxylic acids is 1. The maximum absolute atomic E-state index is 14.8. The molecular formula is C28H32Cl2F4N2O6S. The van der Waals surface area contributed by atoms with Crippen LogP contribution in [0.1, 0.15) is 73.0 Å². The monoisotopic (exact) mass is 670 g/mol. The third-order valence-corrected chi connectivity index (χ3v) is 8.24. The molecule has 8 nitrogen and oxygen atoms in total. The van der Waals surface area contributed by atoms with Gasteiger partial charge in [0.05, 0.1) is 18.4 Å². The molecule has 0 radical (unpaired) electrons. The molecule has 0 bridgehead atoms. The Morgan fingerprint density at radius 2 is 1.67 bits per heavy atom. The molecule has 1 amide bonds. The zero-order chi connectivity index (χ0) is 32.3. The van der Waals surface area contributed by atoms with Crippen molar-refractivity contribution in [3.63, 3.8) is 0 Å². The van der Waals surface area contributed by atoms with Gasteiger partial charge in [0.15, 0.2) is 0 Å². The lowest BCUT2D eigenvalue weighted by Gasteiger charge is -2.42. The second-order valence-corrected chi connectivity index (χ2v) is 13.5. The SMILES string of the molecule is C[C@@H]1CC[C@@H](COc2cc(F)c(C(=O)NS(C)(=O)=O)cc2C2CC2)CN1[C@H](C)c1cc(Cl)cc(Cl)c1.O=C(O)C(F)(F)F. The van der Waals surface area contributed by atoms with Gasteiger partial charge in [-0.15, -0.1) is 0 Å². The largest absolute Gasteiger partial charge is 0.493 e. The van der Waals surface area contributed by atoms with E-state index in [1.807, 2.05) is 16.9 Å². The lowest BCUT2D eigenvalue weighted by Crippen LogP contribution is -2.44. The highest BCUT2D eigenvalue weighted by molar-refractivity contribution is 7.89. The van der Waals surface area contributed by atoms with Crippen LogP contribution in [-0.2, 0) is 14.8 Å². The Morgan fingerprint density at radius 1 is 1.09 bits per heavy atom. The minimum atomic E-state index is -5.08. The molecule has 0 spiro atoms. The van der Waals surface area contributed by atoms with Crippen LogP contribution < -0.4 is 9.46 Å². The molecule has 0 aromatic heterocycles. The Balaban J connectivity index is 0.000000646. The molecule has 1 saturated carbocycles. The number of carboxylic acids is 1. The summed E-state index contributed by atoms with van der Waals surface area (Å²) in [6, 6.07) is 8.75. The Labute approximate surface area is 257 Å². The number of likely N-dealkylation sites (tertiary alicyclic amines) is 1. The van der Waals surface area contributed by atoms with Gasteiger partial charge >= 0.3 is 12.1 Å². The smallest absolute Gasteiger partial charge is 0.490 e. The number of nitrogens with zero attached hydrogens (tertiary/aromatic N) is 1. The molecule has 238 valence electrons. The standard InChI is InChI=1S/C26H31Cl2FN2O4S.C2HF3O2/c1-15-4-5-17(13-31(15)16(2)19-8-20(27)10-21(28)9-19)14-35-25-12-24(29)23(11-22(25)18-6-7-18)26(32)30-36(3,33)34;3-2(4,5)1(6)7/h8-12,15-18H,4-7,13-14H2,1-3H3,(H,30,32);(H,6,7)/t15-,16-,17-;/m1./s1. The van der Waals surface area contributed by atoms with Crippen LogP contribution >= 0.6 is 23.2 Å². The number of hydrogen-bond donors (Lipinski definition) is 2. The molecule has 1 aliphatic carbocycles. The van der Waals surface area contributed by atoms with Gasteiger partial charge in [0.2, 0.25) is 10.0 Å². The van der Waals surface area contributed by atoms with E-state index in [-0.39, 0.29) is 23.4 Å². The maximum Gasteiger partial charge on any atom is 0.490 e. The lowest BCUT2D eigenvalue weighted by atomic mass is 9.91. The molecule has 2 aliphatic rings. The zero-order valence-electron chi connectivity index (χ0n) is 23.6. The molecular weight excluding hydrogens is 639 g/mol. The normalized spacial score (nSPS) is 20.0. The van der Waals surface area contributed by atoms with E-state index in [0.717, 1.165) is 49.6 Å². The summed E-state index contributed by atoms with van der Waals surface area (Å²) in [4.78, 5) is 23.6. The van der Waals surface area contributed by atoms with Crippen LogP contribution in [0.5, 0.6) is 5.75 Å². The van der Waals surface area contributed by atoms with Crippen molar-refractivity contribution in [3.8, 4) is 5.75 Å². The van der Waals surface area contributed by atoms with E-state index in [1.54, 1.807) is 6.07 Å². The fourth-order valence-corrected chi connectivity index (χ4v) is 5.90. The van der Waals surface area contributed by atoms with Crippen LogP contribution in [0.2, 0.25) is 10.0 Å². The van der Waals surface area contributed by atoms with Crippen molar-refractivity contribution in [2.24, 2.45) is 5.92 Å². The predicted octanol–water partition coefficient (Wildman–Crippen LogP) is 6.57. The molecule has 4 rings (SSSR count). The van der Waals surface area contributed by atoms with Gasteiger partial charge in [-0.3, -0.25) is 9.69 Å². The summed E-state index contributed by atoms with van der Waals surface area (Å²) in [6.45, 7) is 5.58. The highest BCUT2D eigenvalue weighted by atomic mass is 35.5. The maximum atomic E-state index is 14.8. The minimum absolute atomic E-state index is 0.117. The minimum Gasteiger partial charge on any atom is -0.493 e. The first-order chi connectivity index (χ1) is 19.9. The predicted molar refractivity (Wildman–Crippen MR) is 154 cm³/mol.